The molecule has 0 amide bonds. The third-order valence-electron chi connectivity index (χ3n) is 1.68. The first kappa shape index (κ1) is 9.04. The van der Waals surface area contributed by atoms with Gasteiger partial charge >= 0.3 is 0 Å². The van der Waals surface area contributed by atoms with Crippen LogP contribution < -0.4 is 4.74 Å². The number of hydrogen-bond donors (Lipinski definition) is 0. The van der Waals surface area contributed by atoms with Crippen molar-refractivity contribution in [2.24, 2.45) is 0 Å². The molecule has 1 aromatic carbocycles. The average molecular weight is 168 g/mol. The minimum Gasteiger partial charge on any atom is -0.463 e. The highest BCUT2D eigenvalue weighted by Crippen LogP contribution is 2.12. The van der Waals surface area contributed by atoms with E-state index in [-0.39, 0.29) is 0 Å². The van der Waals surface area contributed by atoms with Crippen LogP contribution in [0.1, 0.15) is 18.9 Å². The van der Waals surface area contributed by atoms with E-state index in [1.807, 2.05) is 12.1 Å². The molecule has 0 aliphatic rings. The van der Waals surface area contributed by atoms with E-state index < -0.39 is 6.86 Å². The summed E-state index contributed by atoms with van der Waals surface area (Å²) in [6.07, 6.45) is 2.19. The smallest absolute Gasteiger partial charge is 0.228 e. The van der Waals surface area contributed by atoms with Crippen LogP contribution in [-0.4, -0.2) is 6.86 Å². The lowest BCUT2D eigenvalue weighted by Gasteiger charge is -2.02. The van der Waals surface area contributed by atoms with Gasteiger partial charge in [-0.05, 0) is 24.1 Å². The lowest BCUT2D eigenvalue weighted by atomic mass is 10.1. The number of rotatable bonds is 4. The van der Waals surface area contributed by atoms with Crippen LogP contribution in [0.15, 0.2) is 24.3 Å². The fraction of sp³-hybridized carbons (Fsp3) is 0.400. The first-order chi connectivity index (χ1) is 5.86. The average Bonchev–Trinajstić information content (AvgIpc) is 2.09. The molecule has 0 atom stereocenters. The van der Waals surface area contributed by atoms with Crippen molar-refractivity contribution in [3.05, 3.63) is 29.8 Å². The maximum atomic E-state index is 11.7. The topological polar surface area (TPSA) is 9.23 Å². The second kappa shape index (κ2) is 4.75. The molecule has 2 heteroatoms. The number of hydrogen-bond acceptors (Lipinski definition) is 1. The van der Waals surface area contributed by atoms with Crippen molar-refractivity contribution in [1.82, 2.24) is 0 Å². The van der Waals surface area contributed by atoms with E-state index in [0.717, 1.165) is 12.8 Å². The second-order valence-electron chi connectivity index (χ2n) is 2.65. The van der Waals surface area contributed by atoms with Gasteiger partial charge in [-0.3, -0.25) is 0 Å². The fourth-order valence-electron chi connectivity index (χ4n) is 1.10. The number of halogens is 1. The number of ether oxygens (including phenoxy) is 1. The van der Waals surface area contributed by atoms with Gasteiger partial charge in [0.1, 0.15) is 5.75 Å². The van der Waals surface area contributed by atoms with E-state index in [1.165, 1.54) is 5.56 Å². The Hall–Kier alpha value is -1.05. The predicted molar refractivity (Wildman–Crippen MR) is 47.0 cm³/mol. The molecule has 0 aromatic heterocycles. The van der Waals surface area contributed by atoms with Crippen LogP contribution in [0.3, 0.4) is 0 Å². The Morgan fingerprint density at radius 1 is 1.25 bits per heavy atom. The molecule has 0 unspecified atom stereocenters. The number of alkyl halides is 1. The van der Waals surface area contributed by atoms with Gasteiger partial charge in [0, 0.05) is 0 Å². The summed E-state index contributed by atoms with van der Waals surface area (Å²) in [6.45, 7) is 1.37. The van der Waals surface area contributed by atoms with Crippen molar-refractivity contribution in [1.29, 1.82) is 0 Å². The lowest BCUT2D eigenvalue weighted by molar-refractivity contribution is 0.191. The molecule has 1 rings (SSSR count). The van der Waals surface area contributed by atoms with Crippen molar-refractivity contribution in [2.45, 2.75) is 19.8 Å². The highest BCUT2D eigenvalue weighted by atomic mass is 19.1. The van der Waals surface area contributed by atoms with E-state index in [1.54, 1.807) is 12.1 Å². The Balaban J connectivity index is 2.58. The Morgan fingerprint density at radius 2 is 1.92 bits per heavy atom. The molecule has 0 fully saturated rings. The van der Waals surface area contributed by atoms with Gasteiger partial charge in [-0.1, -0.05) is 25.5 Å². The molecular formula is C10H13FO. The third kappa shape index (κ3) is 2.53. The molecule has 1 aromatic rings. The van der Waals surface area contributed by atoms with Crippen LogP contribution in [0.5, 0.6) is 5.75 Å². The Morgan fingerprint density at radius 3 is 2.42 bits per heavy atom. The summed E-state index contributed by atoms with van der Waals surface area (Å²) in [7, 11) is 0. The molecule has 0 heterocycles. The summed E-state index contributed by atoms with van der Waals surface area (Å²) in [5.74, 6) is 0.595. The van der Waals surface area contributed by atoms with Crippen molar-refractivity contribution < 1.29 is 9.13 Å². The van der Waals surface area contributed by atoms with Gasteiger partial charge in [0.05, 0.1) is 0 Å². The van der Waals surface area contributed by atoms with Gasteiger partial charge in [0.2, 0.25) is 6.86 Å². The van der Waals surface area contributed by atoms with E-state index in [9.17, 15) is 4.39 Å². The SMILES string of the molecule is CCCc1ccc(OCF)cc1. The summed E-state index contributed by atoms with van der Waals surface area (Å²) < 4.78 is 16.4. The normalized spacial score (nSPS) is 9.83. The van der Waals surface area contributed by atoms with E-state index in [4.69, 9.17) is 0 Å². The summed E-state index contributed by atoms with van der Waals surface area (Å²) in [5, 5.41) is 0. The summed E-state index contributed by atoms with van der Waals surface area (Å²) >= 11 is 0. The largest absolute Gasteiger partial charge is 0.463 e. The van der Waals surface area contributed by atoms with Gasteiger partial charge in [-0.2, -0.15) is 0 Å². The highest BCUT2D eigenvalue weighted by molar-refractivity contribution is 5.27. The molecule has 0 aliphatic heterocycles. The zero-order chi connectivity index (χ0) is 8.81. The van der Waals surface area contributed by atoms with Crippen LogP contribution in [0, 0.1) is 0 Å². The summed E-state index contributed by atoms with van der Waals surface area (Å²) in [5.41, 5.74) is 1.27. The molecule has 0 radical (unpaired) electrons. The zero-order valence-corrected chi connectivity index (χ0v) is 7.22. The predicted octanol–water partition coefficient (Wildman–Crippen LogP) is 2.94. The first-order valence-corrected chi connectivity index (χ1v) is 4.14. The van der Waals surface area contributed by atoms with E-state index in [0.29, 0.717) is 5.75 Å². The fourth-order valence-corrected chi connectivity index (χ4v) is 1.10. The number of aryl methyl sites for hydroxylation is 1. The van der Waals surface area contributed by atoms with Gasteiger partial charge in [0.15, 0.2) is 0 Å². The zero-order valence-electron chi connectivity index (χ0n) is 7.22. The number of benzene rings is 1. The third-order valence-corrected chi connectivity index (χ3v) is 1.68. The standard InChI is InChI=1S/C10H13FO/c1-2-3-9-4-6-10(7-5-9)12-8-11/h4-7H,2-3,8H2,1H3. The van der Waals surface area contributed by atoms with Crippen molar-refractivity contribution >= 4 is 0 Å². The molecule has 12 heavy (non-hydrogen) atoms. The molecule has 0 aliphatic carbocycles. The second-order valence-corrected chi connectivity index (χ2v) is 2.65. The molecule has 66 valence electrons. The Labute approximate surface area is 72.2 Å². The minimum absolute atomic E-state index is 0.595. The van der Waals surface area contributed by atoms with Crippen LogP contribution >= 0.6 is 0 Å². The van der Waals surface area contributed by atoms with Crippen molar-refractivity contribution in [3.8, 4) is 5.75 Å². The van der Waals surface area contributed by atoms with Gasteiger partial charge in [-0.15, -0.1) is 0 Å². The summed E-state index contributed by atoms with van der Waals surface area (Å²) in [4.78, 5) is 0. The van der Waals surface area contributed by atoms with E-state index in [2.05, 4.69) is 11.7 Å². The van der Waals surface area contributed by atoms with Crippen LogP contribution in [0.2, 0.25) is 0 Å². The molecule has 0 N–H and O–H groups in total. The summed E-state index contributed by atoms with van der Waals surface area (Å²) in [6, 6.07) is 7.53. The van der Waals surface area contributed by atoms with Gasteiger partial charge in [0.25, 0.3) is 0 Å². The molecule has 1 nitrogen and oxygen atoms in total. The van der Waals surface area contributed by atoms with Gasteiger partial charge < -0.3 is 4.74 Å². The van der Waals surface area contributed by atoms with Crippen LogP contribution in [0.4, 0.5) is 4.39 Å². The molecule has 0 saturated heterocycles. The highest BCUT2D eigenvalue weighted by Gasteiger charge is 1.93. The van der Waals surface area contributed by atoms with Crippen LogP contribution in [-0.2, 0) is 6.42 Å². The lowest BCUT2D eigenvalue weighted by Crippen LogP contribution is -1.90. The van der Waals surface area contributed by atoms with Crippen molar-refractivity contribution in [3.63, 3.8) is 0 Å². The maximum Gasteiger partial charge on any atom is 0.228 e. The Bertz CT molecular complexity index is 193. The quantitative estimate of drug-likeness (QED) is 0.671. The molecule has 0 spiro atoms. The monoisotopic (exact) mass is 168 g/mol. The molecule has 0 bridgehead atoms. The first-order valence-electron chi connectivity index (χ1n) is 4.14. The Kier molecular flexibility index (Phi) is 3.58. The van der Waals surface area contributed by atoms with E-state index >= 15 is 0 Å². The maximum absolute atomic E-state index is 11.7. The van der Waals surface area contributed by atoms with Gasteiger partial charge in [-0.25, -0.2) is 4.39 Å². The van der Waals surface area contributed by atoms with Crippen LogP contribution in [0.25, 0.3) is 0 Å². The molecular weight excluding hydrogens is 155 g/mol. The molecule has 0 saturated carbocycles. The minimum atomic E-state index is -0.757. The van der Waals surface area contributed by atoms with Crippen molar-refractivity contribution in [2.75, 3.05) is 6.86 Å².